The highest BCUT2D eigenvalue weighted by Crippen LogP contribution is 2.31. The van der Waals surface area contributed by atoms with E-state index in [1.54, 1.807) is 26.2 Å². The van der Waals surface area contributed by atoms with Gasteiger partial charge in [0.15, 0.2) is 0 Å². The van der Waals surface area contributed by atoms with Gasteiger partial charge in [0.1, 0.15) is 17.0 Å². The molecule has 0 saturated carbocycles. The average molecular weight is 325 g/mol. The van der Waals surface area contributed by atoms with Gasteiger partial charge in [-0.15, -0.1) is 0 Å². The maximum absolute atomic E-state index is 12.0. The van der Waals surface area contributed by atoms with E-state index in [0.29, 0.717) is 23.6 Å². The van der Waals surface area contributed by atoms with E-state index in [0.717, 1.165) is 15.6 Å². The summed E-state index contributed by atoms with van der Waals surface area (Å²) >= 11 is 3.41. The van der Waals surface area contributed by atoms with Crippen molar-refractivity contribution in [2.24, 2.45) is 0 Å². The number of esters is 1. The van der Waals surface area contributed by atoms with Gasteiger partial charge in [-0.1, -0.05) is 5.16 Å². The van der Waals surface area contributed by atoms with Gasteiger partial charge in [0.2, 0.25) is 0 Å². The lowest BCUT2D eigenvalue weighted by Gasteiger charge is -2.06. The lowest BCUT2D eigenvalue weighted by molar-refractivity contribution is 0.0525. The molecule has 0 bridgehead atoms. The van der Waals surface area contributed by atoms with Crippen LogP contribution in [0.4, 0.5) is 0 Å². The normalized spacial score (nSPS) is 10.5. The van der Waals surface area contributed by atoms with E-state index in [4.69, 9.17) is 9.26 Å². The minimum Gasteiger partial charge on any atom is -0.462 e. The molecule has 0 radical (unpaired) electrons. The lowest BCUT2D eigenvalue weighted by Crippen LogP contribution is -2.07. The Bertz CT molecular complexity index is 622. The Morgan fingerprint density at radius 3 is 2.84 bits per heavy atom. The van der Waals surface area contributed by atoms with Crippen LogP contribution in [0.5, 0.6) is 0 Å². The zero-order valence-corrected chi connectivity index (χ0v) is 12.4. The number of aryl methyl sites for hydroxylation is 1. The van der Waals surface area contributed by atoms with E-state index in [1.165, 1.54) is 0 Å². The number of carbonyl (C=O) groups excluding carboxylic acids is 1. The number of carbonyl (C=O) groups is 1. The monoisotopic (exact) mass is 324 g/mol. The molecule has 0 atom stereocenters. The van der Waals surface area contributed by atoms with Gasteiger partial charge in [0.25, 0.3) is 0 Å². The molecule has 2 aromatic rings. The van der Waals surface area contributed by atoms with Crippen LogP contribution >= 0.6 is 15.9 Å². The highest BCUT2D eigenvalue weighted by molar-refractivity contribution is 9.10. The summed E-state index contributed by atoms with van der Waals surface area (Å²) in [6, 6.07) is 0. The Hall–Kier alpha value is -1.69. The number of pyridine rings is 1. The second-order valence-electron chi connectivity index (χ2n) is 3.98. The maximum Gasteiger partial charge on any atom is 0.344 e. The van der Waals surface area contributed by atoms with Crippen molar-refractivity contribution in [2.45, 2.75) is 20.8 Å². The van der Waals surface area contributed by atoms with Gasteiger partial charge in [-0.3, -0.25) is 4.98 Å². The van der Waals surface area contributed by atoms with Crippen LogP contribution in [0.2, 0.25) is 0 Å². The molecule has 0 N–H and O–H groups in total. The summed E-state index contributed by atoms with van der Waals surface area (Å²) in [7, 11) is 0. The Morgan fingerprint density at radius 1 is 1.42 bits per heavy atom. The zero-order chi connectivity index (χ0) is 14.0. The number of rotatable bonds is 3. The SMILES string of the molecule is CCOC(=O)c1c(-c2cncc(Br)c2C)noc1C. The minimum atomic E-state index is -0.435. The largest absolute Gasteiger partial charge is 0.462 e. The maximum atomic E-state index is 12.0. The van der Waals surface area contributed by atoms with Crippen molar-refractivity contribution in [1.29, 1.82) is 0 Å². The van der Waals surface area contributed by atoms with Crippen molar-refractivity contribution in [1.82, 2.24) is 10.1 Å². The van der Waals surface area contributed by atoms with Gasteiger partial charge in [0.05, 0.1) is 6.61 Å². The van der Waals surface area contributed by atoms with Crippen LogP contribution in [0.25, 0.3) is 11.3 Å². The van der Waals surface area contributed by atoms with Gasteiger partial charge in [0, 0.05) is 22.4 Å². The Labute approximate surface area is 119 Å². The fourth-order valence-corrected chi connectivity index (χ4v) is 2.07. The molecular formula is C13H13BrN2O3. The second kappa shape index (κ2) is 5.52. The van der Waals surface area contributed by atoms with E-state index in [-0.39, 0.29) is 0 Å². The number of aromatic nitrogens is 2. The molecule has 2 heterocycles. The second-order valence-corrected chi connectivity index (χ2v) is 4.83. The van der Waals surface area contributed by atoms with Crippen molar-refractivity contribution in [3.05, 3.63) is 33.8 Å². The first-order valence-corrected chi connectivity index (χ1v) is 6.59. The van der Waals surface area contributed by atoms with Crippen molar-refractivity contribution in [3.8, 4) is 11.3 Å². The molecule has 0 saturated heterocycles. The fraction of sp³-hybridized carbons (Fsp3) is 0.308. The standard InChI is InChI=1S/C13H13BrN2O3/c1-4-18-13(17)11-8(3)19-16-12(11)9-5-15-6-10(14)7(9)2/h5-6H,4H2,1-3H3. The number of hydrogen-bond donors (Lipinski definition) is 0. The third-order valence-corrected chi connectivity index (χ3v) is 3.55. The van der Waals surface area contributed by atoms with Crippen LogP contribution in [0, 0.1) is 13.8 Å². The molecule has 2 aromatic heterocycles. The molecule has 2 rings (SSSR count). The van der Waals surface area contributed by atoms with Crippen molar-refractivity contribution < 1.29 is 14.1 Å². The van der Waals surface area contributed by atoms with E-state index in [1.807, 2.05) is 6.92 Å². The van der Waals surface area contributed by atoms with Gasteiger partial charge in [-0.05, 0) is 42.3 Å². The van der Waals surface area contributed by atoms with E-state index in [2.05, 4.69) is 26.1 Å². The molecule has 0 fully saturated rings. The molecule has 0 aliphatic heterocycles. The highest BCUT2D eigenvalue weighted by atomic mass is 79.9. The molecular weight excluding hydrogens is 312 g/mol. The zero-order valence-electron chi connectivity index (χ0n) is 10.9. The molecule has 0 unspecified atom stereocenters. The van der Waals surface area contributed by atoms with Crippen LogP contribution in [-0.2, 0) is 4.74 Å². The van der Waals surface area contributed by atoms with E-state index < -0.39 is 5.97 Å². The first kappa shape index (κ1) is 13.7. The number of nitrogens with zero attached hydrogens (tertiary/aromatic N) is 2. The minimum absolute atomic E-state index is 0.304. The summed E-state index contributed by atoms with van der Waals surface area (Å²) in [5, 5.41) is 3.95. The molecule has 6 heteroatoms. The predicted molar refractivity (Wildman–Crippen MR) is 72.9 cm³/mol. The van der Waals surface area contributed by atoms with Crippen LogP contribution < -0.4 is 0 Å². The average Bonchev–Trinajstić information content (AvgIpc) is 2.75. The number of ether oxygens (including phenoxy) is 1. The molecule has 100 valence electrons. The third-order valence-electron chi connectivity index (χ3n) is 2.75. The highest BCUT2D eigenvalue weighted by Gasteiger charge is 2.24. The summed E-state index contributed by atoms with van der Waals surface area (Å²) in [5.74, 6) is 0.00320. The van der Waals surface area contributed by atoms with Gasteiger partial charge >= 0.3 is 5.97 Å². The molecule has 0 aliphatic rings. The molecule has 0 aliphatic carbocycles. The summed E-state index contributed by atoms with van der Waals surface area (Å²) in [6.07, 6.45) is 3.34. The number of hydrogen-bond acceptors (Lipinski definition) is 5. The lowest BCUT2D eigenvalue weighted by atomic mass is 10.0. The summed E-state index contributed by atoms with van der Waals surface area (Å²) in [4.78, 5) is 16.1. The van der Waals surface area contributed by atoms with Crippen molar-refractivity contribution in [3.63, 3.8) is 0 Å². The van der Waals surface area contributed by atoms with Crippen LogP contribution in [0.15, 0.2) is 21.4 Å². The molecule has 0 amide bonds. The van der Waals surface area contributed by atoms with Crippen LogP contribution in [0.1, 0.15) is 28.6 Å². The fourth-order valence-electron chi connectivity index (χ4n) is 1.74. The summed E-state index contributed by atoms with van der Waals surface area (Å²) in [6.45, 7) is 5.66. The first-order valence-electron chi connectivity index (χ1n) is 5.80. The third kappa shape index (κ3) is 2.53. The van der Waals surface area contributed by atoms with Crippen molar-refractivity contribution in [2.75, 3.05) is 6.61 Å². The Kier molecular flexibility index (Phi) is 3.99. The first-order chi connectivity index (χ1) is 9.06. The molecule has 0 aromatic carbocycles. The predicted octanol–water partition coefficient (Wildman–Crippen LogP) is 3.29. The van der Waals surface area contributed by atoms with Gasteiger partial charge < -0.3 is 9.26 Å². The quantitative estimate of drug-likeness (QED) is 0.810. The Morgan fingerprint density at radius 2 is 2.16 bits per heavy atom. The van der Waals surface area contributed by atoms with Crippen LogP contribution in [0.3, 0.4) is 0 Å². The van der Waals surface area contributed by atoms with Crippen molar-refractivity contribution >= 4 is 21.9 Å². The molecule has 19 heavy (non-hydrogen) atoms. The van der Waals surface area contributed by atoms with E-state index in [9.17, 15) is 4.79 Å². The van der Waals surface area contributed by atoms with Gasteiger partial charge in [-0.25, -0.2) is 4.79 Å². The molecule has 0 spiro atoms. The van der Waals surface area contributed by atoms with Crippen LogP contribution in [-0.4, -0.2) is 22.7 Å². The van der Waals surface area contributed by atoms with E-state index >= 15 is 0 Å². The summed E-state index contributed by atoms with van der Waals surface area (Å²) < 4.78 is 11.0. The summed E-state index contributed by atoms with van der Waals surface area (Å²) in [5.41, 5.74) is 2.50. The number of halogens is 1. The van der Waals surface area contributed by atoms with Gasteiger partial charge in [-0.2, -0.15) is 0 Å². The smallest absolute Gasteiger partial charge is 0.344 e. The topological polar surface area (TPSA) is 65.2 Å². The Balaban J connectivity index is 2.57. The molecule has 5 nitrogen and oxygen atoms in total.